The number of benzene rings is 6. The standard InChI is InChI=1S/C53H60O4.C5H12O4.2H4O5P2/c1-48(2,38-21-13-9-14-22-38)42-29-31-44(46(33-42)50(5,6)40-25-17-11-18-26-40)53(57,52(35-54,36-55)37-56)45-32-30-43(49(3,4)39-23-15-10-16-24-39)34-47(45)51(7,8)41-27-19-12-20-28-41;6-1-5(2-7,3-8)4-9;2*1-6(2)5-7(3)4/h9-34,54-57H,35-37H2,1-8H3;6-9H,1-4H2;2*1-4H. The second-order valence-electron chi connectivity index (χ2n) is 21.3. The first kappa shape index (κ1) is 70.6. The maximum atomic E-state index is 14.2. The monoisotopic (exact) mass is 1190 g/mol. The van der Waals surface area contributed by atoms with Crippen molar-refractivity contribution in [2.24, 2.45) is 10.8 Å². The summed E-state index contributed by atoms with van der Waals surface area (Å²) < 4.78 is 7.20. The number of hydrogen-bond acceptors (Lipinski definition) is 18. The molecular weight excluding hydrogens is 1110 g/mol. The molecule has 0 aromatic heterocycles. The molecule has 0 bridgehead atoms. The molecule has 80 heavy (non-hydrogen) atoms. The SMILES string of the molecule is CC(C)(c1ccccc1)c1ccc(C(O)(c2ccc(C(C)(C)c3ccccc3)cc2C(C)(C)c2ccccc2)C(CO)(CO)CO)c(C(C)(C)c2ccccc2)c1.OCC(CO)(CO)CO.OP(O)OP(O)O.OP(O)OP(O)O. The Labute approximate surface area is 474 Å². The molecule has 0 fully saturated rings. The van der Waals surface area contributed by atoms with Crippen LogP contribution in [0.15, 0.2) is 158 Å². The number of aliphatic hydroxyl groups is 8. The fourth-order valence-electron chi connectivity index (χ4n) is 9.24. The molecule has 0 unspecified atom stereocenters. The molecule has 0 aliphatic carbocycles. The highest BCUT2D eigenvalue weighted by atomic mass is 31.2. The van der Waals surface area contributed by atoms with E-state index in [2.05, 4.69) is 161 Å². The van der Waals surface area contributed by atoms with Crippen LogP contribution in [0.4, 0.5) is 0 Å². The summed E-state index contributed by atoms with van der Waals surface area (Å²) >= 11 is 0. The van der Waals surface area contributed by atoms with Gasteiger partial charge in [0.25, 0.3) is 0 Å². The average molecular weight is 1190 g/mol. The van der Waals surface area contributed by atoms with Gasteiger partial charge in [-0.3, -0.25) is 0 Å². The summed E-state index contributed by atoms with van der Waals surface area (Å²) in [5.41, 5.74) is 1.97. The van der Waals surface area contributed by atoms with Crippen LogP contribution in [0.5, 0.6) is 0 Å². The zero-order valence-electron chi connectivity index (χ0n) is 46.2. The Hall–Kier alpha value is -3.68. The van der Waals surface area contributed by atoms with Crippen molar-refractivity contribution in [1.29, 1.82) is 0 Å². The van der Waals surface area contributed by atoms with Gasteiger partial charge in [-0.2, -0.15) is 0 Å². The van der Waals surface area contributed by atoms with Crippen molar-refractivity contribution in [3.8, 4) is 0 Å². The van der Waals surface area contributed by atoms with Crippen molar-refractivity contribution in [1.82, 2.24) is 0 Å². The first-order valence-corrected chi connectivity index (χ1v) is 29.8. The Morgan fingerprint density at radius 1 is 0.300 bits per heavy atom. The Kier molecular flexibility index (Phi) is 27.6. The number of aliphatic hydroxyl groups excluding tert-OH is 7. The summed E-state index contributed by atoms with van der Waals surface area (Å²) in [6.45, 7) is 13.8. The Morgan fingerprint density at radius 3 is 0.725 bits per heavy atom. The maximum Gasteiger partial charge on any atom is 0.334 e. The van der Waals surface area contributed by atoms with E-state index in [1.807, 2.05) is 60.7 Å². The first-order chi connectivity index (χ1) is 37.5. The first-order valence-electron chi connectivity index (χ1n) is 25.1. The van der Waals surface area contributed by atoms with Gasteiger partial charge in [0.2, 0.25) is 0 Å². The van der Waals surface area contributed by atoms with E-state index in [4.69, 9.17) is 59.6 Å². The lowest BCUT2D eigenvalue weighted by molar-refractivity contribution is -0.137. The highest BCUT2D eigenvalue weighted by molar-refractivity contribution is 7.53. The number of rotatable bonds is 22. The van der Waals surface area contributed by atoms with Gasteiger partial charge in [0.1, 0.15) is 5.60 Å². The molecule has 0 aliphatic rings. The minimum Gasteiger partial charge on any atom is -0.396 e. The van der Waals surface area contributed by atoms with E-state index >= 15 is 0 Å². The normalized spacial score (nSPS) is 12.7. The van der Waals surface area contributed by atoms with Crippen LogP contribution in [-0.2, 0) is 35.9 Å². The lowest BCUT2D eigenvalue weighted by Gasteiger charge is -2.49. The molecule has 440 valence electrons. The fraction of sp³-hybridized carbons (Fsp3) is 0.379. The molecule has 0 saturated carbocycles. The zero-order valence-corrected chi connectivity index (χ0v) is 49.8. The van der Waals surface area contributed by atoms with Crippen LogP contribution in [0.2, 0.25) is 0 Å². The summed E-state index contributed by atoms with van der Waals surface area (Å²) in [7, 11) is -10.4. The lowest BCUT2D eigenvalue weighted by Crippen LogP contribution is -2.56. The third kappa shape index (κ3) is 17.2. The van der Waals surface area contributed by atoms with E-state index < -0.39 is 119 Å². The van der Waals surface area contributed by atoms with Crippen LogP contribution in [0, 0.1) is 10.8 Å². The van der Waals surface area contributed by atoms with Crippen molar-refractivity contribution in [2.75, 3.05) is 46.2 Å². The van der Waals surface area contributed by atoms with Gasteiger partial charge in [0, 0.05) is 21.7 Å². The molecule has 16 N–H and O–H groups in total. The predicted octanol–water partition coefficient (Wildman–Crippen LogP) is 6.98. The third-order valence-corrected chi connectivity index (χ3v) is 17.2. The molecule has 6 rings (SSSR count). The Bertz CT molecular complexity index is 2520. The highest BCUT2D eigenvalue weighted by Gasteiger charge is 2.56. The molecular formula is C58H80O18P4. The predicted molar refractivity (Wildman–Crippen MR) is 312 cm³/mol. The lowest BCUT2D eigenvalue weighted by atomic mass is 9.58. The second-order valence-corrected chi connectivity index (χ2v) is 24.6. The number of hydrogen-bond donors (Lipinski definition) is 16. The summed E-state index contributed by atoms with van der Waals surface area (Å²) in [5.74, 6) is 0. The molecule has 6 aromatic carbocycles. The van der Waals surface area contributed by atoms with Gasteiger partial charge in [-0.1, -0.05) is 213 Å². The summed E-state index contributed by atoms with van der Waals surface area (Å²) in [4.78, 5) is 62.5. The zero-order chi connectivity index (χ0) is 60.3. The maximum absolute atomic E-state index is 14.2. The average Bonchev–Trinajstić information content (AvgIpc) is 3.50. The summed E-state index contributed by atoms with van der Waals surface area (Å²) in [5, 5.41) is 82.5. The highest BCUT2D eigenvalue weighted by Crippen LogP contribution is 2.54. The molecule has 0 amide bonds. The smallest absolute Gasteiger partial charge is 0.334 e. The molecule has 22 heteroatoms. The minimum atomic E-state index is -2.61. The van der Waals surface area contributed by atoms with Crippen molar-refractivity contribution in [2.45, 2.75) is 82.7 Å². The largest absolute Gasteiger partial charge is 0.396 e. The van der Waals surface area contributed by atoms with Gasteiger partial charge in [0.15, 0.2) is 0 Å². The molecule has 18 nitrogen and oxygen atoms in total. The molecule has 0 spiro atoms. The van der Waals surface area contributed by atoms with Crippen LogP contribution in [0.25, 0.3) is 0 Å². The Balaban J connectivity index is 0.000000609. The fourth-order valence-corrected chi connectivity index (χ4v) is 10.3. The van der Waals surface area contributed by atoms with Gasteiger partial charge in [-0.25, -0.2) is 8.62 Å². The van der Waals surface area contributed by atoms with E-state index in [0.29, 0.717) is 11.1 Å². The van der Waals surface area contributed by atoms with Crippen molar-refractivity contribution in [3.63, 3.8) is 0 Å². The van der Waals surface area contributed by atoms with Crippen molar-refractivity contribution < 1.29 is 88.6 Å². The molecule has 0 aliphatic heterocycles. The van der Waals surface area contributed by atoms with E-state index in [-0.39, 0.29) is 0 Å². The van der Waals surface area contributed by atoms with Gasteiger partial charge in [-0.05, 0) is 55.6 Å². The van der Waals surface area contributed by atoms with E-state index in [0.717, 1.165) is 44.5 Å². The van der Waals surface area contributed by atoms with Crippen LogP contribution in [0.1, 0.15) is 111 Å². The van der Waals surface area contributed by atoms with E-state index in [1.165, 1.54) is 0 Å². The quantitative estimate of drug-likeness (QED) is 0.0305. The topological polar surface area (TPSA) is 342 Å². The van der Waals surface area contributed by atoms with Crippen LogP contribution >= 0.6 is 34.4 Å². The molecule has 0 atom stereocenters. The van der Waals surface area contributed by atoms with Crippen LogP contribution in [0.3, 0.4) is 0 Å². The second kappa shape index (κ2) is 31.3. The molecule has 6 aromatic rings. The van der Waals surface area contributed by atoms with Gasteiger partial charge in [-0.15, -0.1) is 0 Å². The minimum absolute atomic E-state index is 0.406. The summed E-state index contributed by atoms with van der Waals surface area (Å²) in [6, 6.07) is 53.7. The van der Waals surface area contributed by atoms with Crippen molar-refractivity contribution in [3.05, 3.63) is 213 Å². The molecule has 0 heterocycles. The van der Waals surface area contributed by atoms with Crippen LogP contribution in [-0.4, -0.2) is 126 Å². The van der Waals surface area contributed by atoms with E-state index in [9.17, 15) is 20.4 Å². The van der Waals surface area contributed by atoms with Gasteiger partial charge in [0.05, 0.1) is 57.1 Å². The van der Waals surface area contributed by atoms with Crippen LogP contribution < -0.4 is 0 Å². The Morgan fingerprint density at radius 2 is 0.537 bits per heavy atom. The third-order valence-electron chi connectivity index (χ3n) is 14.9. The van der Waals surface area contributed by atoms with Crippen molar-refractivity contribution >= 4 is 34.4 Å². The molecule has 0 saturated heterocycles. The van der Waals surface area contributed by atoms with Gasteiger partial charge < -0.3 is 80.0 Å². The van der Waals surface area contributed by atoms with Gasteiger partial charge >= 0.3 is 34.4 Å². The molecule has 0 radical (unpaired) electrons. The summed E-state index contributed by atoms with van der Waals surface area (Å²) in [6.07, 6.45) is 0. The van der Waals surface area contributed by atoms with E-state index in [1.54, 1.807) is 0 Å².